The van der Waals surface area contributed by atoms with Crippen LogP contribution >= 0.6 is 0 Å². The molecule has 1 aliphatic carbocycles. The van der Waals surface area contributed by atoms with E-state index < -0.39 is 0 Å². The lowest BCUT2D eigenvalue weighted by atomic mass is 9.83. The molecule has 7 nitrogen and oxygen atoms in total. The van der Waals surface area contributed by atoms with Gasteiger partial charge in [0.05, 0.1) is 25.0 Å². The van der Waals surface area contributed by atoms with Crippen LogP contribution in [0.15, 0.2) is 41.5 Å². The Morgan fingerprint density at radius 2 is 1.90 bits per heavy atom. The molecule has 1 fully saturated rings. The van der Waals surface area contributed by atoms with E-state index in [-0.39, 0.29) is 0 Å². The molecular formula is C23H35N5O2. The molecule has 0 bridgehead atoms. The molecule has 0 atom stereocenters. The Morgan fingerprint density at radius 1 is 1.13 bits per heavy atom. The molecule has 1 heterocycles. The van der Waals surface area contributed by atoms with Gasteiger partial charge in [0.2, 0.25) is 0 Å². The third-order valence-corrected chi connectivity index (χ3v) is 5.86. The molecule has 2 aromatic rings. The van der Waals surface area contributed by atoms with Crippen LogP contribution in [-0.4, -0.2) is 49.7 Å². The summed E-state index contributed by atoms with van der Waals surface area (Å²) in [4.78, 5) is 4.76. The number of hydrogen-bond donors (Lipinski definition) is 2. The van der Waals surface area contributed by atoms with Crippen molar-refractivity contribution in [3.8, 4) is 11.4 Å². The first kappa shape index (κ1) is 22.2. The van der Waals surface area contributed by atoms with Gasteiger partial charge in [-0.05, 0) is 61.9 Å². The average molecular weight is 414 g/mol. The zero-order chi connectivity index (χ0) is 21.2. The highest BCUT2D eigenvalue weighted by Crippen LogP contribution is 2.40. The summed E-state index contributed by atoms with van der Waals surface area (Å²) >= 11 is 0. The second-order valence-corrected chi connectivity index (χ2v) is 7.95. The molecule has 1 aromatic carbocycles. The summed E-state index contributed by atoms with van der Waals surface area (Å²) in [6, 6.07) is 9.86. The molecule has 0 saturated heterocycles. The van der Waals surface area contributed by atoms with Crippen molar-refractivity contribution >= 4 is 5.96 Å². The number of guanidine groups is 1. The van der Waals surface area contributed by atoms with E-state index in [0.29, 0.717) is 12.0 Å². The number of nitrogens with zero attached hydrogens (tertiary/aromatic N) is 3. The molecule has 1 aromatic heterocycles. The highest BCUT2D eigenvalue weighted by molar-refractivity contribution is 5.79. The summed E-state index contributed by atoms with van der Waals surface area (Å²) in [5.41, 5.74) is 2.25. The van der Waals surface area contributed by atoms with Gasteiger partial charge in [-0.25, -0.2) is 9.67 Å². The topological polar surface area (TPSA) is 72.7 Å². The lowest BCUT2D eigenvalue weighted by molar-refractivity contribution is 0.138. The predicted octanol–water partition coefficient (Wildman–Crippen LogP) is 3.53. The van der Waals surface area contributed by atoms with Crippen LogP contribution in [0.2, 0.25) is 0 Å². The molecule has 1 saturated carbocycles. The second-order valence-electron chi connectivity index (χ2n) is 7.95. The number of methoxy groups -OCH3 is 2. The molecular weight excluding hydrogens is 378 g/mol. The number of hydrogen-bond acceptors (Lipinski definition) is 4. The fraction of sp³-hybridized carbons (Fsp3) is 0.565. The smallest absolute Gasteiger partial charge is 0.191 e. The van der Waals surface area contributed by atoms with Crippen LogP contribution in [0, 0.1) is 5.41 Å². The van der Waals surface area contributed by atoms with Gasteiger partial charge < -0.3 is 20.1 Å². The van der Waals surface area contributed by atoms with E-state index in [0.717, 1.165) is 49.2 Å². The van der Waals surface area contributed by atoms with Crippen LogP contribution in [0.3, 0.4) is 0 Å². The Labute approximate surface area is 179 Å². The van der Waals surface area contributed by atoms with E-state index in [1.165, 1.54) is 25.7 Å². The van der Waals surface area contributed by atoms with Crippen molar-refractivity contribution in [1.82, 2.24) is 20.4 Å². The monoisotopic (exact) mass is 413 g/mol. The average Bonchev–Trinajstić information content (AvgIpc) is 3.45. The van der Waals surface area contributed by atoms with Crippen LogP contribution < -0.4 is 15.4 Å². The van der Waals surface area contributed by atoms with Crippen molar-refractivity contribution in [2.75, 3.05) is 33.9 Å². The largest absolute Gasteiger partial charge is 0.497 e. The second kappa shape index (κ2) is 11.0. The molecule has 0 radical (unpaired) electrons. The maximum Gasteiger partial charge on any atom is 0.191 e. The van der Waals surface area contributed by atoms with Gasteiger partial charge >= 0.3 is 0 Å². The van der Waals surface area contributed by atoms with Crippen LogP contribution in [-0.2, 0) is 11.3 Å². The van der Waals surface area contributed by atoms with Gasteiger partial charge in [0.1, 0.15) is 5.75 Å². The standard InChI is InChI=1S/C23H35N5O2/c1-4-24-22(26-18-23(14-16-29-2)12-5-6-13-23)25-17-19-11-15-28(27-19)20-7-9-21(30-3)10-8-20/h7-11,15H,4-6,12-14,16-18H2,1-3H3,(H2,24,25,26). The number of rotatable bonds is 10. The van der Waals surface area contributed by atoms with Crippen molar-refractivity contribution in [3.05, 3.63) is 42.2 Å². The van der Waals surface area contributed by atoms with Crippen molar-refractivity contribution in [2.24, 2.45) is 10.4 Å². The van der Waals surface area contributed by atoms with E-state index in [9.17, 15) is 0 Å². The third-order valence-electron chi connectivity index (χ3n) is 5.86. The number of aliphatic imine (C=N–C) groups is 1. The highest BCUT2D eigenvalue weighted by atomic mass is 16.5. The zero-order valence-electron chi connectivity index (χ0n) is 18.5. The summed E-state index contributed by atoms with van der Waals surface area (Å²) < 4.78 is 12.4. The summed E-state index contributed by atoms with van der Waals surface area (Å²) in [6.45, 7) is 5.20. The quantitative estimate of drug-likeness (QED) is 0.460. The normalized spacial score (nSPS) is 15.9. The maximum absolute atomic E-state index is 5.35. The molecule has 0 amide bonds. The van der Waals surface area contributed by atoms with Crippen molar-refractivity contribution in [3.63, 3.8) is 0 Å². The Hall–Kier alpha value is -2.54. The first-order chi connectivity index (χ1) is 14.7. The Balaban J connectivity index is 1.61. The Bertz CT molecular complexity index is 794. The number of ether oxygens (including phenoxy) is 2. The van der Waals surface area contributed by atoms with Crippen LogP contribution in [0.1, 0.15) is 44.7 Å². The maximum atomic E-state index is 5.35. The van der Waals surface area contributed by atoms with Crippen molar-refractivity contribution < 1.29 is 9.47 Å². The van der Waals surface area contributed by atoms with Gasteiger partial charge in [-0.3, -0.25) is 0 Å². The third kappa shape index (κ3) is 5.98. The molecule has 0 unspecified atom stereocenters. The van der Waals surface area contributed by atoms with Crippen molar-refractivity contribution in [2.45, 2.75) is 45.6 Å². The van der Waals surface area contributed by atoms with Crippen LogP contribution in [0.25, 0.3) is 5.69 Å². The number of aromatic nitrogens is 2. The lowest BCUT2D eigenvalue weighted by Crippen LogP contribution is -2.43. The Morgan fingerprint density at radius 3 is 2.57 bits per heavy atom. The molecule has 30 heavy (non-hydrogen) atoms. The molecule has 3 rings (SSSR count). The summed E-state index contributed by atoms with van der Waals surface area (Å²) in [5.74, 6) is 1.68. The van der Waals surface area contributed by atoms with Gasteiger partial charge in [0.15, 0.2) is 5.96 Å². The van der Waals surface area contributed by atoms with E-state index >= 15 is 0 Å². The molecule has 7 heteroatoms. The Kier molecular flexibility index (Phi) is 8.13. The van der Waals surface area contributed by atoms with E-state index in [4.69, 9.17) is 14.5 Å². The summed E-state index contributed by atoms with van der Waals surface area (Å²) in [5, 5.41) is 11.6. The van der Waals surface area contributed by atoms with Gasteiger partial charge in [-0.1, -0.05) is 12.8 Å². The highest BCUT2D eigenvalue weighted by Gasteiger charge is 2.33. The fourth-order valence-electron chi connectivity index (χ4n) is 4.06. The zero-order valence-corrected chi connectivity index (χ0v) is 18.5. The van der Waals surface area contributed by atoms with Gasteiger partial charge in [0.25, 0.3) is 0 Å². The predicted molar refractivity (Wildman–Crippen MR) is 120 cm³/mol. The first-order valence-electron chi connectivity index (χ1n) is 10.9. The number of nitrogens with one attached hydrogen (secondary N) is 2. The van der Waals surface area contributed by atoms with E-state index in [1.54, 1.807) is 14.2 Å². The summed E-state index contributed by atoms with van der Waals surface area (Å²) in [7, 11) is 3.45. The SMILES string of the molecule is CCNC(=NCc1ccn(-c2ccc(OC)cc2)n1)NCC1(CCOC)CCCC1. The fourth-order valence-corrected chi connectivity index (χ4v) is 4.06. The molecule has 1 aliphatic rings. The van der Waals surface area contributed by atoms with Gasteiger partial charge in [-0.2, -0.15) is 5.10 Å². The lowest BCUT2D eigenvalue weighted by Gasteiger charge is -2.29. The molecule has 2 N–H and O–H groups in total. The minimum Gasteiger partial charge on any atom is -0.497 e. The minimum absolute atomic E-state index is 0.322. The molecule has 164 valence electrons. The van der Waals surface area contributed by atoms with Crippen LogP contribution in [0.5, 0.6) is 5.75 Å². The van der Waals surface area contributed by atoms with E-state index in [1.807, 2.05) is 41.2 Å². The molecule has 0 spiro atoms. The van der Waals surface area contributed by atoms with Gasteiger partial charge in [0, 0.05) is 33.0 Å². The minimum atomic E-state index is 0.322. The van der Waals surface area contributed by atoms with Gasteiger partial charge in [-0.15, -0.1) is 0 Å². The number of benzene rings is 1. The first-order valence-corrected chi connectivity index (χ1v) is 10.9. The van der Waals surface area contributed by atoms with Crippen molar-refractivity contribution in [1.29, 1.82) is 0 Å². The molecule has 0 aliphatic heterocycles. The summed E-state index contributed by atoms with van der Waals surface area (Å²) in [6.07, 6.45) is 8.20. The van der Waals surface area contributed by atoms with Crippen LogP contribution in [0.4, 0.5) is 0 Å². The van der Waals surface area contributed by atoms with E-state index in [2.05, 4.69) is 22.7 Å².